The van der Waals surface area contributed by atoms with Gasteiger partial charge in [0.2, 0.25) is 11.8 Å². The number of anilines is 2. The van der Waals surface area contributed by atoms with Gasteiger partial charge >= 0.3 is 5.97 Å². The Labute approximate surface area is 200 Å². The van der Waals surface area contributed by atoms with E-state index < -0.39 is 17.1 Å². The van der Waals surface area contributed by atoms with Crippen LogP contribution in [0, 0.1) is 0 Å². The number of carbonyl (C=O) groups is 3. The van der Waals surface area contributed by atoms with E-state index in [-0.39, 0.29) is 11.5 Å². The van der Waals surface area contributed by atoms with Crippen molar-refractivity contribution in [3.8, 4) is 0 Å². The highest BCUT2D eigenvalue weighted by molar-refractivity contribution is 8.00. The average molecular weight is 481 g/mol. The molecule has 1 atom stereocenters. The number of halogens is 1. The Morgan fingerprint density at radius 3 is 2.06 bits per heavy atom. The van der Waals surface area contributed by atoms with Crippen LogP contribution >= 0.6 is 23.4 Å². The van der Waals surface area contributed by atoms with Crippen LogP contribution in [0.15, 0.2) is 95.4 Å². The molecule has 0 bridgehead atoms. The van der Waals surface area contributed by atoms with Crippen molar-refractivity contribution >= 4 is 52.5 Å². The highest BCUT2D eigenvalue weighted by Gasteiger charge is 2.22. The van der Waals surface area contributed by atoms with Gasteiger partial charge in [0.1, 0.15) is 5.25 Å². The summed E-state index contributed by atoms with van der Waals surface area (Å²) in [6.07, 6.45) is 1.03. The average Bonchev–Trinajstić information content (AvgIpc) is 2.80. The normalized spacial score (nSPS) is 12.0. The number of nitrogens with one attached hydrogen (secondary N) is 2. The van der Waals surface area contributed by atoms with Gasteiger partial charge in [0, 0.05) is 32.9 Å². The third-order valence-corrected chi connectivity index (χ3v) is 6.03. The molecular formula is C25H21ClN2O4S. The molecule has 0 aliphatic rings. The van der Waals surface area contributed by atoms with Crippen LogP contribution in [0.1, 0.15) is 17.7 Å². The van der Waals surface area contributed by atoms with Crippen LogP contribution in [0.2, 0.25) is 5.02 Å². The molecule has 0 unspecified atom stereocenters. The van der Waals surface area contributed by atoms with Crippen molar-refractivity contribution in [3.63, 3.8) is 0 Å². The minimum atomic E-state index is -1.15. The Balaban J connectivity index is 1.74. The molecule has 0 saturated carbocycles. The molecule has 2 amide bonds. The van der Waals surface area contributed by atoms with Crippen molar-refractivity contribution in [2.75, 3.05) is 10.6 Å². The second-order valence-electron chi connectivity index (χ2n) is 7.05. The van der Waals surface area contributed by atoms with E-state index in [1.165, 1.54) is 18.7 Å². The van der Waals surface area contributed by atoms with E-state index in [2.05, 4.69) is 10.6 Å². The monoisotopic (exact) mass is 480 g/mol. The minimum absolute atomic E-state index is 0.0583. The highest BCUT2D eigenvalue weighted by atomic mass is 35.5. The van der Waals surface area contributed by atoms with Gasteiger partial charge in [0.25, 0.3) is 0 Å². The summed E-state index contributed by atoms with van der Waals surface area (Å²) < 4.78 is 0. The van der Waals surface area contributed by atoms with Crippen LogP contribution < -0.4 is 10.6 Å². The molecule has 0 aliphatic carbocycles. The molecule has 168 valence electrons. The number of rotatable bonds is 8. The lowest BCUT2D eigenvalue weighted by molar-refractivity contribution is -0.132. The van der Waals surface area contributed by atoms with E-state index in [9.17, 15) is 14.4 Å². The summed E-state index contributed by atoms with van der Waals surface area (Å²) in [5.41, 5.74) is 1.95. The highest BCUT2D eigenvalue weighted by Crippen LogP contribution is 2.36. The number of carbonyl (C=O) groups excluding carboxylic acids is 2. The predicted molar refractivity (Wildman–Crippen MR) is 132 cm³/mol. The third kappa shape index (κ3) is 7.24. The lowest BCUT2D eigenvalue weighted by Gasteiger charge is -2.17. The van der Waals surface area contributed by atoms with Gasteiger partial charge in [-0.2, -0.15) is 0 Å². The van der Waals surface area contributed by atoms with Crippen molar-refractivity contribution < 1.29 is 19.5 Å². The molecule has 0 aliphatic heterocycles. The van der Waals surface area contributed by atoms with E-state index in [0.717, 1.165) is 16.5 Å². The zero-order valence-electron chi connectivity index (χ0n) is 17.6. The van der Waals surface area contributed by atoms with Gasteiger partial charge < -0.3 is 15.7 Å². The van der Waals surface area contributed by atoms with Crippen LogP contribution in [0.25, 0.3) is 0 Å². The lowest BCUT2D eigenvalue weighted by atomic mass is 10.1. The maximum Gasteiger partial charge on any atom is 0.331 e. The van der Waals surface area contributed by atoms with E-state index >= 15 is 0 Å². The number of hydrogen-bond donors (Lipinski definition) is 3. The quantitative estimate of drug-likeness (QED) is 0.280. The van der Waals surface area contributed by atoms with Gasteiger partial charge in [-0.25, -0.2) is 4.79 Å². The second-order valence-corrected chi connectivity index (χ2v) is 8.67. The molecule has 3 aromatic rings. The summed E-state index contributed by atoms with van der Waals surface area (Å²) in [7, 11) is 0. The van der Waals surface area contributed by atoms with E-state index in [1.807, 2.05) is 30.3 Å². The fourth-order valence-corrected chi connectivity index (χ4v) is 3.98. The second kappa shape index (κ2) is 11.4. The lowest BCUT2D eigenvalue weighted by Crippen LogP contribution is -2.19. The van der Waals surface area contributed by atoms with Gasteiger partial charge in [0.05, 0.1) is 0 Å². The van der Waals surface area contributed by atoms with Crippen LogP contribution in [0.3, 0.4) is 0 Å². The molecule has 8 heteroatoms. The maximum absolute atomic E-state index is 13.1. The fourth-order valence-electron chi connectivity index (χ4n) is 2.83. The standard InChI is InChI=1S/C25H21ClN2O4S/c1-16(25(31)32)15-22(29)27-19-11-13-21(14-12-19)33-23(17-5-3-2-4-6-17)24(30)28-20-9-7-18(26)8-10-20/h2-15,23H,1H3,(H,27,29)(H,28,30)(H,31,32)/b16-15-/t23-/m1/s1. The number of carboxylic acid groups (broad SMARTS) is 1. The summed E-state index contributed by atoms with van der Waals surface area (Å²) in [5, 5.41) is 14.5. The van der Waals surface area contributed by atoms with Crippen molar-refractivity contribution in [3.05, 3.63) is 101 Å². The number of thioether (sulfide) groups is 1. The molecule has 0 saturated heterocycles. The molecule has 0 heterocycles. The van der Waals surface area contributed by atoms with E-state index in [0.29, 0.717) is 16.4 Å². The van der Waals surface area contributed by atoms with Gasteiger partial charge in [0.15, 0.2) is 0 Å². The van der Waals surface area contributed by atoms with Gasteiger partial charge in [-0.1, -0.05) is 41.9 Å². The summed E-state index contributed by atoms with van der Waals surface area (Å²) in [5.74, 6) is -1.86. The van der Waals surface area contributed by atoms with Crippen molar-refractivity contribution in [1.29, 1.82) is 0 Å². The molecule has 3 aromatic carbocycles. The first kappa shape index (κ1) is 24.1. The predicted octanol–water partition coefficient (Wildman–Crippen LogP) is 5.78. The van der Waals surface area contributed by atoms with Gasteiger partial charge in [-0.15, -0.1) is 11.8 Å². The first-order valence-electron chi connectivity index (χ1n) is 9.92. The Bertz CT molecular complexity index is 1160. The van der Waals surface area contributed by atoms with Crippen LogP contribution in [0.4, 0.5) is 11.4 Å². The number of amides is 2. The smallest absolute Gasteiger partial charge is 0.331 e. The molecule has 6 nitrogen and oxygen atoms in total. The van der Waals surface area contributed by atoms with Gasteiger partial charge in [-0.3, -0.25) is 9.59 Å². The van der Waals surface area contributed by atoms with Crippen LogP contribution in [0.5, 0.6) is 0 Å². The minimum Gasteiger partial charge on any atom is -0.478 e. The van der Waals surface area contributed by atoms with Gasteiger partial charge in [-0.05, 0) is 61.0 Å². The first-order valence-corrected chi connectivity index (χ1v) is 11.2. The molecular weight excluding hydrogens is 460 g/mol. The molecule has 0 aromatic heterocycles. The summed E-state index contributed by atoms with van der Waals surface area (Å²) in [6.45, 7) is 1.35. The van der Waals surface area contributed by atoms with Crippen LogP contribution in [-0.2, 0) is 14.4 Å². The Morgan fingerprint density at radius 1 is 0.879 bits per heavy atom. The third-order valence-electron chi connectivity index (χ3n) is 4.51. The number of hydrogen-bond acceptors (Lipinski definition) is 4. The zero-order chi connectivity index (χ0) is 23.8. The SMILES string of the molecule is C/C(=C/C(=O)Nc1ccc(S[C@@H](C(=O)Nc2ccc(Cl)cc2)c2ccccc2)cc1)C(=O)O. The number of aliphatic carboxylic acids is 1. The molecule has 3 N–H and O–H groups in total. The molecule has 3 rings (SSSR count). The van der Waals surface area contributed by atoms with E-state index in [1.54, 1.807) is 48.5 Å². The Hall–Kier alpha value is -3.55. The molecule has 0 fully saturated rings. The Morgan fingerprint density at radius 2 is 1.45 bits per heavy atom. The van der Waals surface area contributed by atoms with Crippen LogP contribution in [-0.4, -0.2) is 22.9 Å². The summed E-state index contributed by atoms with van der Waals surface area (Å²) >= 11 is 7.30. The van der Waals surface area contributed by atoms with Crippen molar-refractivity contribution in [1.82, 2.24) is 0 Å². The fraction of sp³-hybridized carbons (Fsp3) is 0.0800. The summed E-state index contributed by atoms with van der Waals surface area (Å²) in [4.78, 5) is 36.7. The van der Waals surface area contributed by atoms with Crippen molar-refractivity contribution in [2.45, 2.75) is 17.1 Å². The molecule has 33 heavy (non-hydrogen) atoms. The molecule has 0 radical (unpaired) electrons. The first-order chi connectivity index (χ1) is 15.8. The molecule has 0 spiro atoms. The largest absolute Gasteiger partial charge is 0.478 e. The Kier molecular flexibility index (Phi) is 8.29. The zero-order valence-corrected chi connectivity index (χ0v) is 19.2. The number of benzene rings is 3. The van der Waals surface area contributed by atoms with Crippen molar-refractivity contribution in [2.24, 2.45) is 0 Å². The van der Waals surface area contributed by atoms with E-state index in [4.69, 9.17) is 16.7 Å². The topological polar surface area (TPSA) is 95.5 Å². The number of carboxylic acids is 1. The maximum atomic E-state index is 13.1. The summed E-state index contributed by atoms with van der Waals surface area (Å²) in [6, 6.07) is 23.3.